The Kier molecular flexibility index (Phi) is 9.21. The van der Waals surface area contributed by atoms with Crippen LogP contribution in [0.4, 0.5) is 0 Å². The van der Waals surface area contributed by atoms with Crippen LogP contribution in [0.5, 0.6) is 0 Å². The summed E-state index contributed by atoms with van der Waals surface area (Å²) in [6, 6.07) is 8.72. The summed E-state index contributed by atoms with van der Waals surface area (Å²) in [5, 5.41) is 2.91. The molecule has 3 N–H and O–H groups in total. The van der Waals surface area contributed by atoms with Crippen LogP contribution in [0.1, 0.15) is 31.4 Å². The molecule has 114 valence electrons. The summed E-state index contributed by atoms with van der Waals surface area (Å²) in [7, 11) is 2.11. The Morgan fingerprint density at radius 3 is 2.45 bits per heavy atom. The molecular weight excluding hydrogens is 274 g/mol. The average Bonchev–Trinajstić information content (AvgIpc) is 2.38. The molecule has 1 aromatic rings. The van der Waals surface area contributed by atoms with E-state index in [0.717, 1.165) is 6.54 Å². The fourth-order valence-electron chi connectivity index (χ4n) is 1.75. The molecule has 0 aromatic heterocycles. The summed E-state index contributed by atoms with van der Waals surface area (Å²) in [5.74, 6) is 0.00881. The minimum absolute atomic E-state index is 0. The smallest absolute Gasteiger partial charge is 0.221 e. The molecule has 0 fully saturated rings. The Balaban J connectivity index is 0.00000361. The fraction of sp³-hybridized carbons (Fsp3) is 0.533. The second kappa shape index (κ2) is 9.75. The van der Waals surface area contributed by atoms with Gasteiger partial charge in [-0.1, -0.05) is 24.3 Å². The zero-order chi connectivity index (χ0) is 14.3. The van der Waals surface area contributed by atoms with E-state index in [2.05, 4.69) is 43.2 Å². The van der Waals surface area contributed by atoms with E-state index in [0.29, 0.717) is 25.6 Å². The maximum atomic E-state index is 11.5. The molecule has 0 aliphatic carbocycles. The van der Waals surface area contributed by atoms with Gasteiger partial charge in [0.05, 0.1) is 0 Å². The van der Waals surface area contributed by atoms with Gasteiger partial charge in [-0.2, -0.15) is 0 Å². The molecule has 1 amide bonds. The van der Waals surface area contributed by atoms with Gasteiger partial charge >= 0.3 is 0 Å². The van der Waals surface area contributed by atoms with E-state index in [-0.39, 0.29) is 18.3 Å². The summed E-state index contributed by atoms with van der Waals surface area (Å²) in [6.45, 7) is 6.20. The third kappa shape index (κ3) is 6.37. The number of amides is 1. The van der Waals surface area contributed by atoms with E-state index >= 15 is 0 Å². The van der Waals surface area contributed by atoms with Gasteiger partial charge in [-0.05, 0) is 32.0 Å². The highest BCUT2D eigenvalue weighted by atomic mass is 35.5. The first-order chi connectivity index (χ1) is 9.04. The van der Waals surface area contributed by atoms with Crippen molar-refractivity contribution in [3.05, 3.63) is 35.4 Å². The largest absolute Gasteiger partial charge is 0.352 e. The second-order valence-electron chi connectivity index (χ2n) is 5.09. The van der Waals surface area contributed by atoms with Crippen molar-refractivity contribution < 1.29 is 4.79 Å². The monoisotopic (exact) mass is 299 g/mol. The predicted molar refractivity (Wildman–Crippen MR) is 85.8 cm³/mol. The van der Waals surface area contributed by atoms with Gasteiger partial charge in [-0.25, -0.2) is 0 Å². The van der Waals surface area contributed by atoms with Gasteiger partial charge in [0.2, 0.25) is 5.91 Å². The van der Waals surface area contributed by atoms with Gasteiger partial charge < -0.3 is 11.1 Å². The second-order valence-corrected chi connectivity index (χ2v) is 5.09. The standard InChI is InChI=1S/C15H25N3O.ClH/c1-12(2)18(3)11-14-7-5-4-6-13(14)10-17-15(19)8-9-16;/h4-7,12H,8-11,16H2,1-3H3,(H,17,19);1H. The molecule has 4 nitrogen and oxygen atoms in total. The molecular formula is C15H26ClN3O. The normalized spacial score (nSPS) is 10.5. The van der Waals surface area contributed by atoms with Crippen LogP contribution < -0.4 is 11.1 Å². The van der Waals surface area contributed by atoms with E-state index < -0.39 is 0 Å². The lowest BCUT2D eigenvalue weighted by atomic mass is 10.1. The molecule has 0 saturated heterocycles. The average molecular weight is 300 g/mol. The van der Waals surface area contributed by atoms with Crippen molar-refractivity contribution in [1.82, 2.24) is 10.2 Å². The number of nitrogens with two attached hydrogens (primary N) is 1. The van der Waals surface area contributed by atoms with Gasteiger partial charge in [0.1, 0.15) is 0 Å². The van der Waals surface area contributed by atoms with E-state index in [4.69, 9.17) is 5.73 Å². The lowest BCUT2D eigenvalue weighted by molar-refractivity contribution is -0.121. The third-order valence-corrected chi connectivity index (χ3v) is 3.27. The fourth-order valence-corrected chi connectivity index (χ4v) is 1.75. The first kappa shape index (κ1) is 18.9. The summed E-state index contributed by atoms with van der Waals surface area (Å²) in [5.41, 5.74) is 7.78. The molecule has 0 bridgehead atoms. The zero-order valence-corrected chi connectivity index (χ0v) is 13.4. The van der Waals surface area contributed by atoms with Crippen molar-refractivity contribution in [1.29, 1.82) is 0 Å². The number of carbonyl (C=O) groups excluding carboxylic acids is 1. The molecule has 20 heavy (non-hydrogen) atoms. The first-order valence-electron chi connectivity index (χ1n) is 6.78. The molecule has 0 heterocycles. The molecule has 0 saturated carbocycles. The van der Waals surface area contributed by atoms with Gasteiger partial charge in [-0.15, -0.1) is 12.4 Å². The highest BCUT2D eigenvalue weighted by Crippen LogP contribution is 2.12. The van der Waals surface area contributed by atoms with Crippen LogP contribution in [0.15, 0.2) is 24.3 Å². The van der Waals surface area contributed by atoms with Crippen LogP contribution in [-0.4, -0.2) is 30.4 Å². The Labute approximate surface area is 128 Å². The molecule has 5 heteroatoms. The van der Waals surface area contributed by atoms with Crippen LogP contribution in [0.3, 0.4) is 0 Å². The van der Waals surface area contributed by atoms with E-state index in [1.54, 1.807) is 0 Å². The number of benzene rings is 1. The summed E-state index contributed by atoms with van der Waals surface area (Å²) in [6.07, 6.45) is 0.383. The quantitative estimate of drug-likeness (QED) is 0.808. The Bertz CT molecular complexity index is 410. The molecule has 1 aromatic carbocycles. The van der Waals surface area contributed by atoms with Gasteiger partial charge in [0.15, 0.2) is 0 Å². The number of hydrogen-bond acceptors (Lipinski definition) is 3. The van der Waals surface area contributed by atoms with Crippen LogP contribution in [0, 0.1) is 0 Å². The minimum Gasteiger partial charge on any atom is -0.352 e. The number of halogens is 1. The van der Waals surface area contributed by atoms with Gasteiger partial charge in [-0.3, -0.25) is 9.69 Å². The molecule has 0 radical (unpaired) electrons. The van der Waals surface area contributed by atoms with Gasteiger partial charge in [0.25, 0.3) is 0 Å². The van der Waals surface area contributed by atoms with Crippen molar-refractivity contribution in [2.45, 2.75) is 39.4 Å². The molecule has 0 aliphatic rings. The topological polar surface area (TPSA) is 58.4 Å². The van der Waals surface area contributed by atoms with Crippen LogP contribution in [-0.2, 0) is 17.9 Å². The molecule has 0 unspecified atom stereocenters. The van der Waals surface area contributed by atoms with Crippen molar-refractivity contribution >= 4 is 18.3 Å². The maximum absolute atomic E-state index is 11.5. The number of nitrogens with one attached hydrogen (secondary N) is 1. The van der Waals surface area contributed by atoms with Crippen LogP contribution >= 0.6 is 12.4 Å². The molecule has 1 rings (SSSR count). The highest BCUT2D eigenvalue weighted by Gasteiger charge is 2.08. The summed E-state index contributed by atoms with van der Waals surface area (Å²) >= 11 is 0. The van der Waals surface area contributed by atoms with Crippen LogP contribution in [0.2, 0.25) is 0 Å². The number of carbonyl (C=O) groups is 1. The first-order valence-corrected chi connectivity index (χ1v) is 6.78. The molecule has 0 aliphatic heterocycles. The predicted octanol–water partition coefficient (Wildman–Crippen LogP) is 1.91. The number of rotatable bonds is 7. The number of nitrogens with zero attached hydrogens (tertiary/aromatic N) is 1. The Hall–Kier alpha value is -1.10. The Morgan fingerprint density at radius 1 is 1.30 bits per heavy atom. The Morgan fingerprint density at radius 2 is 1.90 bits per heavy atom. The molecule has 0 atom stereocenters. The summed E-state index contributed by atoms with van der Waals surface area (Å²) in [4.78, 5) is 13.7. The van der Waals surface area contributed by atoms with Crippen LogP contribution in [0.25, 0.3) is 0 Å². The number of hydrogen-bond donors (Lipinski definition) is 2. The van der Waals surface area contributed by atoms with E-state index in [1.807, 2.05) is 12.1 Å². The zero-order valence-electron chi connectivity index (χ0n) is 12.6. The maximum Gasteiger partial charge on any atom is 0.221 e. The van der Waals surface area contributed by atoms with Crippen molar-refractivity contribution in [2.75, 3.05) is 13.6 Å². The third-order valence-electron chi connectivity index (χ3n) is 3.27. The minimum atomic E-state index is 0. The molecule has 0 spiro atoms. The van der Waals surface area contributed by atoms with Crippen molar-refractivity contribution in [3.8, 4) is 0 Å². The van der Waals surface area contributed by atoms with E-state index in [1.165, 1.54) is 11.1 Å². The SMILES string of the molecule is CC(C)N(C)Cc1ccccc1CNC(=O)CCN.Cl. The van der Waals surface area contributed by atoms with Crippen molar-refractivity contribution in [2.24, 2.45) is 5.73 Å². The van der Waals surface area contributed by atoms with E-state index in [9.17, 15) is 4.79 Å². The van der Waals surface area contributed by atoms with Gasteiger partial charge in [0, 0.05) is 32.1 Å². The lowest BCUT2D eigenvalue weighted by Gasteiger charge is -2.22. The van der Waals surface area contributed by atoms with Crippen molar-refractivity contribution in [3.63, 3.8) is 0 Å². The lowest BCUT2D eigenvalue weighted by Crippen LogP contribution is -2.28. The summed E-state index contributed by atoms with van der Waals surface area (Å²) < 4.78 is 0. The highest BCUT2D eigenvalue weighted by molar-refractivity contribution is 5.85.